The molecule has 3 amide bonds. The first-order valence-corrected chi connectivity index (χ1v) is 18.5. The zero-order chi connectivity index (χ0) is 37.5. The average molecular weight is 734 g/mol. The number of hydrogen-bond acceptors (Lipinski definition) is 9. The summed E-state index contributed by atoms with van der Waals surface area (Å²) in [5.74, 6) is -0.460. The Morgan fingerprint density at radius 1 is 0.907 bits per heavy atom. The highest BCUT2D eigenvalue weighted by molar-refractivity contribution is 5.94. The first kappa shape index (κ1) is 37.1. The molecule has 0 saturated carbocycles. The van der Waals surface area contributed by atoms with Crippen LogP contribution in [0, 0.1) is 0 Å². The lowest BCUT2D eigenvalue weighted by atomic mass is 9.85. The summed E-state index contributed by atoms with van der Waals surface area (Å²) in [6.45, 7) is 2.59. The van der Waals surface area contributed by atoms with E-state index in [1.54, 1.807) is 6.07 Å². The predicted octanol–water partition coefficient (Wildman–Crippen LogP) is 5.06. The fraction of sp³-hybridized carbons (Fsp3) is 0.357. The number of hydrogen-bond donors (Lipinski definition) is 4. The van der Waals surface area contributed by atoms with Crippen LogP contribution in [0.5, 0.6) is 0 Å². The fourth-order valence-corrected chi connectivity index (χ4v) is 7.73. The van der Waals surface area contributed by atoms with E-state index in [1.165, 1.54) is 7.11 Å². The second kappa shape index (κ2) is 16.8. The summed E-state index contributed by atoms with van der Waals surface area (Å²) >= 11 is 0. The van der Waals surface area contributed by atoms with Gasteiger partial charge in [-0.25, -0.2) is 9.59 Å². The molecule has 1 spiro atoms. The Morgan fingerprint density at radius 3 is 2.33 bits per heavy atom. The molecule has 0 radical (unpaired) electrons. The van der Waals surface area contributed by atoms with Crippen molar-refractivity contribution in [3.63, 3.8) is 0 Å². The van der Waals surface area contributed by atoms with Crippen molar-refractivity contribution < 1.29 is 33.7 Å². The number of esters is 1. The molecule has 0 bridgehead atoms. The molecule has 12 nitrogen and oxygen atoms in total. The number of likely N-dealkylation sites (tertiary alicyclic amines) is 1. The average Bonchev–Trinajstić information content (AvgIpc) is 3.53. The van der Waals surface area contributed by atoms with Crippen LogP contribution in [-0.2, 0) is 36.8 Å². The third-order valence-electron chi connectivity index (χ3n) is 10.7. The Morgan fingerprint density at radius 2 is 1.63 bits per heavy atom. The van der Waals surface area contributed by atoms with Crippen LogP contribution in [0.2, 0.25) is 0 Å². The number of aliphatic hydroxyl groups excluding tert-OH is 1. The molecule has 4 atom stereocenters. The van der Waals surface area contributed by atoms with E-state index in [1.807, 2.05) is 91.0 Å². The van der Waals surface area contributed by atoms with E-state index >= 15 is 0 Å². The number of nitrogens with one attached hydrogen (secondary N) is 3. The Hall–Kier alpha value is -5.27. The van der Waals surface area contributed by atoms with Gasteiger partial charge in [-0.3, -0.25) is 4.79 Å². The summed E-state index contributed by atoms with van der Waals surface area (Å²) in [6, 6.07) is 33.1. The molecule has 3 heterocycles. The van der Waals surface area contributed by atoms with Crippen molar-refractivity contribution in [2.24, 2.45) is 0 Å². The molecule has 282 valence electrons. The van der Waals surface area contributed by atoms with Gasteiger partial charge in [-0.1, -0.05) is 84.9 Å². The number of rotatable bonds is 11. The van der Waals surface area contributed by atoms with Crippen LogP contribution in [0.15, 0.2) is 109 Å². The smallest absolute Gasteiger partial charge is 0.328 e. The van der Waals surface area contributed by atoms with Gasteiger partial charge in [0.25, 0.3) is 0 Å². The lowest BCUT2D eigenvalue weighted by Crippen LogP contribution is -2.57. The van der Waals surface area contributed by atoms with Gasteiger partial charge in [0.05, 0.1) is 32.6 Å². The van der Waals surface area contributed by atoms with E-state index in [4.69, 9.17) is 14.2 Å². The second-order valence-corrected chi connectivity index (χ2v) is 14.1. The third kappa shape index (κ3) is 8.42. The molecule has 4 N–H and O–H groups in total. The van der Waals surface area contributed by atoms with Gasteiger partial charge >= 0.3 is 12.0 Å². The van der Waals surface area contributed by atoms with Crippen LogP contribution in [0.4, 0.5) is 16.2 Å². The first-order chi connectivity index (χ1) is 26.3. The van der Waals surface area contributed by atoms with E-state index in [-0.39, 0.29) is 31.1 Å². The molecule has 3 fully saturated rings. The van der Waals surface area contributed by atoms with Crippen molar-refractivity contribution in [2.75, 3.05) is 43.6 Å². The lowest BCUT2D eigenvalue weighted by molar-refractivity contribution is -0.253. The van der Waals surface area contributed by atoms with Gasteiger partial charge in [-0.2, -0.15) is 0 Å². The Labute approximate surface area is 315 Å². The molecule has 0 aliphatic carbocycles. The fourth-order valence-electron chi connectivity index (χ4n) is 7.73. The number of methoxy groups -OCH3 is 1. The normalized spacial score (nSPS) is 21.6. The van der Waals surface area contributed by atoms with E-state index in [9.17, 15) is 19.5 Å². The predicted molar refractivity (Wildman–Crippen MR) is 203 cm³/mol. The highest BCUT2D eigenvalue weighted by Crippen LogP contribution is 2.40. The lowest BCUT2D eigenvalue weighted by Gasteiger charge is -2.45. The highest BCUT2D eigenvalue weighted by atomic mass is 16.7. The number of piperidine rings is 1. The Bertz CT molecular complexity index is 1890. The van der Waals surface area contributed by atoms with E-state index in [2.05, 4.69) is 37.9 Å². The molecule has 12 heteroatoms. The van der Waals surface area contributed by atoms with Crippen molar-refractivity contribution in [3.05, 3.63) is 131 Å². The van der Waals surface area contributed by atoms with Crippen molar-refractivity contribution in [1.82, 2.24) is 15.5 Å². The van der Waals surface area contributed by atoms with Crippen LogP contribution < -0.4 is 20.9 Å². The van der Waals surface area contributed by atoms with Gasteiger partial charge in [0, 0.05) is 49.4 Å². The molecule has 3 aliphatic heterocycles. The molecular weight excluding hydrogens is 686 g/mol. The Kier molecular flexibility index (Phi) is 11.5. The van der Waals surface area contributed by atoms with Crippen LogP contribution in [0.1, 0.15) is 53.9 Å². The quantitative estimate of drug-likeness (QED) is 0.156. The standard InChI is InChI=1S/C42H47N5O7/c1-52-38(49)36(23-29-9-4-2-5-10-29)45-41(51)44-33-12-8-11-32(24-33)39-53-35(25-37(54-39)31-17-15-30(27-48)16-18-31)26-46-21-19-42(20-22-46)40(50)43-28-47(42)34-13-6-3-7-14-34/h2-18,24,35-37,39,48H,19-23,25-28H2,1H3,(H,43,50)(H2,44,45,51)/t35-,36-,37+,39+/m0/s1. The molecule has 4 aromatic carbocycles. The SMILES string of the molecule is COC(=O)[C@H](Cc1ccccc1)NC(=O)Nc1cccc([C@@H]2O[C@H](CN3CCC4(CC3)C(=O)NCN4c3ccccc3)C[C@H](c3ccc(CO)cc3)O2)c1. The third-order valence-corrected chi connectivity index (χ3v) is 10.7. The number of anilines is 2. The number of carbonyl (C=O) groups is 3. The second-order valence-electron chi connectivity index (χ2n) is 14.1. The zero-order valence-electron chi connectivity index (χ0n) is 30.4. The van der Waals surface area contributed by atoms with E-state index < -0.39 is 29.9 Å². The number of para-hydroxylation sites is 1. The number of nitrogens with zero attached hydrogens (tertiary/aromatic N) is 2. The number of urea groups is 1. The van der Waals surface area contributed by atoms with Crippen LogP contribution in [-0.4, -0.2) is 79.0 Å². The minimum atomic E-state index is -0.876. The van der Waals surface area contributed by atoms with Gasteiger partial charge in [0.15, 0.2) is 6.29 Å². The molecular formula is C42H47N5O7. The van der Waals surface area contributed by atoms with E-state index in [0.717, 1.165) is 41.0 Å². The van der Waals surface area contributed by atoms with Crippen molar-refractivity contribution in [3.8, 4) is 0 Å². The maximum Gasteiger partial charge on any atom is 0.328 e. The number of benzene rings is 4. The van der Waals surface area contributed by atoms with Crippen molar-refractivity contribution >= 4 is 29.3 Å². The molecule has 7 rings (SSSR count). The summed E-state index contributed by atoms with van der Waals surface area (Å²) in [5.41, 5.74) is 4.37. The summed E-state index contributed by atoms with van der Waals surface area (Å²) in [4.78, 5) is 43.5. The molecule has 54 heavy (non-hydrogen) atoms. The van der Waals surface area contributed by atoms with E-state index in [0.29, 0.717) is 38.2 Å². The van der Waals surface area contributed by atoms with Crippen LogP contribution in [0.25, 0.3) is 0 Å². The summed E-state index contributed by atoms with van der Waals surface area (Å²) in [5, 5.41) is 18.3. The van der Waals surface area contributed by atoms with Gasteiger partial charge in [0.1, 0.15) is 11.6 Å². The van der Waals surface area contributed by atoms with Crippen LogP contribution in [0.3, 0.4) is 0 Å². The molecule has 3 saturated heterocycles. The summed E-state index contributed by atoms with van der Waals surface area (Å²) in [7, 11) is 1.30. The minimum absolute atomic E-state index is 0.0453. The van der Waals surface area contributed by atoms with Crippen LogP contribution >= 0.6 is 0 Å². The van der Waals surface area contributed by atoms with Gasteiger partial charge in [0.2, 0.25) is 5.91 Å². The molecule has 0 unspecified atom stereocenters. The van der Waals surface area contributed by atoms with Gasteiger partial charge in [-0.15, -0.1) is 0 Å². The summed E-state index contributed by atoms with van der Waals surface area (Å²) in [6.07, 6.45) is 1.08. The largest absolute Gasteiger partial charge is 0.467 e. The van der Waals surface area contributed by atoms with Gasteiger partial charge < -0.3 is 45.1 Å². The van der Waals surface area contributed by atoms with Crippen molar-refractivity contribution in [1.29, 1.82) is 0 Å². The van der Waals surface area contributed by atoms with Gasteiger partial charge in [-0.05, 0) is 53.8 Å². The minimum Gasteiger partial charge on any atom is -0.467 e. The maximum atomic E-state index is 13.3. The number of amides is 3. The maximum absolute atomic E-state index is 13.3. The number of ether oxygens (including phenoxy) is 3. The number of carbonyl (C=O) groups excluding carboxylic acids is 3. The zero-order valence-corrected chi connectivity index (χ0v) is 30.4. The first-order valence-electron chi connectivity index (χ1n) is 18.5. The topological polar surface area (TPSA) is 142 Å². The number of aliphatic hydroxyl groups is 1. The van der Waals surface area contributed by atoms with Crippen molar-refractivity contribution in [2.45, 2.75) is 62.4 Å². The monoisotopic (exact) mass is 733 g/mol. The summed E-state index contributed by atoms with van der Waals surface area (Å²) < 4.78 is 18.2. The molecule has 0 aromatic heterocycles. The highest BCUT2D eigenvalue weighted by Gasteiger charge is 2.50. The molecule has 4 aromatic rings. The molecule has 3 aliphatic rings. The Balaban J connectivity index is 1.04.